The molecule has 0 aliphatic heterocycles. The van der Waals surface area contributed by atoms with Crippen molar-refractivity contribution in [2.45, 2.75) is 12.5 Å². The van der Waals surface area contributed by atoms with Crippen LogP contribution in [-0.2, 0) is 4.79 Å². The van der Waals surface area contributed by atoms with Crippen LogP contribution < -0.4 is 5.73 Å². The fourth-order valence-electron chi connectivity index (χ4n) is 1.08. The van der Waals surface area contributed by atoms with Gasteiger partial charge in [-0.05, 0) is 6.07 Å². The molecule has 0 radical (unpaired) electrons. The lowest BCUT2D eigenvalue weighted by molar-refractivity contribution is -0.137. The number of hydrogen-bond donors (Lipinski definition) is 3. The van der Waals surface area contributed by atoms with Crippen LogP contribution >= 0.6 is 0 Å². The molecule has 1 rings (SSSR count). The van der Waals surface area contributed by atoms with Crippen molar-refractivity contribution in [3.8, 4) is 6.07 Å². The quantitative estimate of drug-likeness (QED) is 0.623. The van der Waals surface area contributed by atoms with Gasteiger partial charge in [-0.3, -0.25) is 4.79 Å². The van der Waals surface area contributed by atoms with Gasteiger partial charge in [-0.2, -0.15) is 5.26 Å². The van der Waals surface area contributed by atoms with Gasteiger partial charge < -0.3 is 15.8 Å². The van der Waals surface area contributed by atoms with Crippen molar-refractivity contribution in [1.82, 2.24) is 4.98 Å². The Kier molecular flexibility index (Phi) is 2.67. The third kappa shape index (κ3) is 2.07. The van der Waals surface area contributed by atoms with Crippen molar-refractivity contribution in [2.24, 2.45) is 5.73 Å². The van der Waals surface area contributed by atoms with Crippen LogP contribution in [0, 0.1) is 11.3 Å². The molecule has 0 saturated carbocycles. The van der Waals surface area contributed by atoms with Crippen molar-refractivity contribution >= 4 is 5.97 Å². The summed E-state index contributed by atoms with van der Waals surface area (Å²) in [7, 11) is 0. The van der Waals surface area contributed by atoms with E-state index in [1.807, 2.05) is 6.07 Å². The van der Waals surface area contributed by atoms with Crippen LogP contribution in [-0.4, -0.2) is 16.1 Å². The second-order valence-electron chi connectivity index (χ2n) is 2.62. The van der Waals surface area contributed by atoms with E-state index in [0.717, 1.165) is 0 Å². The molecule has 1 aromatic heterocycles. The summed E-state index contributed by atoms with van der Waals surface area (Å²) in [5.74, 6) is -0.981. The fraction of sp³-hybridized carbons (Fsp3) is 0.250. The van der Waals surface area contributed by atoms with Crippen LogP contribution in [0.25, 0.3) is 0 Å². The molecule has 0 fully saturated rings. The maximum Gasteiger partial charge on any atom is 0.305 e. The summed E-state index contributed by atoms with van der Waals surface area (Å²) in [6.45, 7) is 0. The van der Waals surface area contributed by atoms with Gasteiger partial charge in [0.15, 0.2) is 0 Å². The molecule has 0 spiro atoms. The molecule has 0 amide bonds. The number of rotatable bonds is 3. The normalized spacial score (nSPS) is 12.0. The highest BCUT2D eigenvalue weighted by Gasteiger charge is 2.14. The highest BCUT2D eigenvalue weighted by molar-refractivity contribution is 5.68. The zero-order valence-corrected chi connectivity index (χ0v) is 6.82. The number of nitrogens with zero attached hydrogens (tertiary/aromatic N) is 1. The molecule has 4 N–H and O–H groups in total. The SMILES string of the molecule is N#Cc1cc[nH]c1[C@H](N)CC(=O)O. The van der Waals surface area contributed by atoms with E-state index in [4.69, 9.17) is 16.1 Å². The van der Waals surface area contributed by atoms with E-state index < -0.39 is 12.0 Å². The number of carboxylic acids is 1. The fourth-order valence-corrected chi connectivity index (χ4v) is 1.08. The standard InChI is InChI=1S/C8H9N3O2/c9-4-5-1-2-11-8(5)6(10)3-7(12)13/h1-2,6,11H,3,10H2,(H,12,13)/t6-/m1/s1. The monoisotopic (exact) mass is 179 g/mol. The first-order valence-electron chi connectivity index (χ1n) is 3.70. The van der Waals surface area contributed by atoms with Crippen LogP contribution in [0.3, 0.4) is 0 Å². The summed E-state index contributed by atoms with van der Waals surface area (Å²) in [6, 6.07) is 2.84. The summed E-state index contributed by atoms with van der Waals surface area (Å²) >= 11 is 0. The third-order valence-corrected chi connectivity index (χ3v) is 1.66. The summed E-state index contributed by atoms with van der Waals surface area (Å²) < 4.78 is 0. The molecule has 68 valence electrons. The summed E-state index contributed by atoms with van der Waals surface area (Å²) in [6.07, 6.45) is 1.38. The maximum atomic E-state index is 10.3. The summed E-state index contributed by atoms with van der Waals surface area (Å²) in [4.78, 5) is 13.1. The van der Waals surface area contributed by atoms with Gasteiger partial charge >= 0.3 is 5.97 Å². The molecular formula is C8H9N3O2. The van der Waals surface area contributed by atoms with E-state index in [1.54, 1.807) is 12.3 Å². The summed E-state index contributed by atoms with van der Waals surface area (Å²) in [5, 5.41) is 17.1. The minimum absolute atomic E-state index is 0.185. The minimum Gasteiger partial charge on any atom is -0.481 e. The van der Waals surface area contributed by atoms with Gasteiger partial charge in [-0.25, -0.2) is 0 Å². The number of nitrogens with one attached hydrogen (secondary N) is 1. The van der Waals surface area contributed by atoms with Crippen LogP contribution in [0.2, 0.25) is 0 Å². The molecule has 0 unspecified atom stereocenters. The first kappa shape index (κ1) is 9.29. The zero-order chi connectivity index (χ0) is 9.84. The van der Waals surface area contributed by atoms with Crippen molar-refractivity contribution < 1.29 is 9.90 Å². The van der Waals surface area contributed by atoms with Gasteiger partial charge in [0.25, 0.3) is 0 Å². The Morgan fingerprint density at radius 3 is 3.08 bits per heavy atom. The van der Waals surface area contributed by atoms with Gasteiger partial charge in [0.05, 0.1) is 23.7 Å². The number of hydrogen-bond acceptors (Lipinski definition) is 3. The Bertz CT molecular complexity index is 351. The Morgan fingerprint density at radius 2 is 2.54 bits per heavy atom. The number of nitrogens with two attached hydrogens (primary N) is 1. The summed E-state index contributed by atoms with van der Waals surface area (Å²) in [5.41, 5.74) is 6.43. The van der Waals surface area contributed by atoms with Gasteiger partial charge in [-0.15, -0.1) is 0 Å². The number of carbonyl (C=O) groups is 1. The van der Waals surface area contributed by atoms with E-state index >= 15 is 0 Å². The number of carboxylic acid groups (broad SMARTS) is 1. The molecule has 13 heavy (non-hydrogen) atoms. The zero-order valence-electron chi connectivity index (χ0n) is 6.82. The van der Waals surface area contributed by atoms with Gasteiger partial charge in [-0.1, -0.05) is 0 Å². The number of aliphatic carboxylic acids is 1. The van der Waals surface area contributed by atoms with Crippen molar-refractivity contribution in [3.05, 3.63) is 23.5 Å². The van der Waals surface area contributed by atoms with Gasteiger partial charge in [0, 0.05) is 6.20 Å². The Labute approximate surface area is 74.8 Å². The van der Waals surface area contributed by atoms with Crippen LogP contribution in [0.5, 0.6) is 0 Å². The molecule has 0 saturated heterocycles. The smallest absolute Gasteiger partial charge is 0.305 e. The molecule has 1 aromatic rings. The third-order valence-electron chi connectivity index (χ3n) is 1.66. The van der Waals surface area contributed by atoms with E-state index in [-0.39, 0.29) is 6.42 Å². The Balaban J connectivity index is 2.83. The van der Waals surface area contributed by atoms with E-state index in [1.165, 1.54) is 0 Å². The minimum atomic E-state index is -0.981. The second kappa shape index (κ2) is 3.74. The molecule has 0 bridgehead atoms. The largest absolute Gasteiger partial charge is 0.481 e. The molecule has 0 aromatic carbocycles. The molecule has 0 aliphatic rings. The van der Waals surface area contributed by atoms with E-state index in [2.05, 4.69) is 4.98 Å². The first-order valence-corrected chi connectivity index (χ1v) is 3.70. The lowest BCUT2D eigenvalue weighted by Crippen LogP contribution is -2.16. The van der Waals surface area contributed by atoms with Crippen LogP contribution in [0.4, 0.5) is 0 Å². The number of aromatic amines is 1. The topological polar surface area (TPSA) is 103 Å². The molecule has 5 heteroatoms. The average molecular weight is 179 g/mol. The number of aromatic nitrogens is 1. The second-order valence-corrected chi connectivity index (χ2v) is 2.62. The average Bonchev–Trinajstić information content (AvgIpc) is 2.49. The molecule has 1 atom stereocenters. The number of H-pyrrole nitrogens is 1. The van der Waals surface area contributed by atoms with Crippen LogP contribution in [0.15, 0.2) is 12.3 Å². The Hall–Kier alpha value is -1.80. The Morgan fingerprint density at radius 1 is 1.85 bits per heavy atom. The highest BCUT2D eigenvalue weighted by atomic mass is 16.4. The molecular weight excluding hydrogens is 170 g/mol. The molecule has 0 aliphatic carbocycles. The van der Waals surface area contributed by atoms with Crippen molar-refractivity contribution in [2.75, 3.05) is 0 Å². The van der Waals surface area contributed by atoms with Crippen molar-refractivity contribution in [3.63, 3.8) is 0 Å². The lowest BCUT2D eigenvalue weighted by Gasteiger charge is -2.06. The van der Waals surface area contributed by atoms with E-state index in [9.17, 15) is 4.79 Å². The molecule has 5 nitrogen and oxygen atoms in total. The molecule has 1 heterocycles. The van der Waals surface area contributed by atoms with E-state index in [0.29, 0.717) is 11.3 Å². The first-order chi connectivity index (χ1) is 6.15. The maximum absolute atomic E-state index is 10.3. The highest BCUT2D eigenvalue weighted by Crippen LogP contribution is 2.15. The number of nitriles is 1. The predicted molar refractivity (Wildman–Crippen MR) is 44.7 cm³/mol. The van der Waals surface area contributed by atoms with Crippen molar-refractivity contribution in [1.29, 1.82) is 5.26 Å². The van der Waals surface area contributed by atoms with Gasteiger partial charge in [0.2, 0.25) is 0 Å². The van der Waals surface area contributed by atoms with Crippen LogP contribution in [0.1, 0.15) is 23.7 Å². The lowest BCUT2D eigenvalue weighted by atomic mass is 10.1. The predicted octanol–water partition coefficient (Wildman–Crippen LogP) is 0.361. The van der Waals surface area contributed by atoms with Gasteiger partial charge in [0.1, 0.15) is 6.07 Å².